The van der Waals surface area contributed by atoms with Crippen LogP contribution in [0.2, 0.25) is 0 Å². The number of rotatable bonds is 3. The number of esters is 1. The molecule has 5 fully saturated rings. The fourth-order valence-electron chi connectivity index (χ4n) is 10.2. The molecule has 252 valence electrons. The molecule has 3 heterocycles. The quantitative estimate of drug-likeness (QED) is 0.265. The van der Waals surface area contributed by atoms with Gasteiger partial charge in [0.1, 0.15) is 24.4 Å². The summed E-state index contributed by atoms with van der Waals surface area (Å²) in [4.78, 5) is 38.6. The van der Waals surface area contributed by atoms with Crippen molar-refractivity contribution in [3.05, 3.63) is 46.0 Å². The molecule has 4 aliphatic carbocycles. The standard InChI is InChI=1S/C33H42O13/c1-14-26(37)33(41-5)28(39)29(43-14)45-19-10-17-7-8-18-24(30(17,3)11-20(19)46-33)25(36)27(38)31(4)23(16-6-9-22(35)42-13-16)21(44-15(2)34)12-32(18,31)40/h6,9-10,13-14,18-21,23-26,28-29,36-37,39-40H,7-8,11-12H2,1-5H3/t14-,18+,19+,20+,21-,23-,24+,25-,26+,28-,29-,30-,31-,32-,33-/m0/s1. The second-order valence-electron chi connectivity index (χ2n) is 14.4. The minimum atomic E-state index is -1.85. The lowest BCUT2D eigenvalue weighted by atomic mass is 9.43. The molecule has 3 saturated carbocycles. The average Bonchev–Trinajstić information content (AvgIpc) is 3.18. The molecule has 7 rings (SSSR count). The summed E-state index contributed by atoms with van der Waals surface area (Å²) in [6, 6.07) is 2.71. The van der Waals surface area contributed by atoms with E-state index < -0.39 is 106 Å². The summed E-state index contributed by atoms with van der Waals surface area (Å²) in [7, 11) is 1.33. The van der Waals surface area contributed by atoms with Gasteiger partial charge in [-0.15, -0.1) is 0 Å². The molecular formula is C33H42O13. The van der Waals surface area contributed by atoms with Crippen LogP contribution in [0.15, 0.2) is 39.3 Å². The van der Waals surface area contributed by atoms with Gasteiger partial charge in [0, 0.05) is 38.4 Å². The van der Waals surface area contributed by atoms with Crippen LogP contribution in [-0.2, 0) is 33.3 Å². The van der Waals surface area contributed by atoms with Crippen LogP contribution in [0.4, 0.5) is 0 Å². The number of hydrogen-bond donors (Lipinski definition) is 4. The Balaban J connectivity index is 1.30. The van der Waals surface area contributed by atoms with E-state index in [0.717, 1.165) is 5.57 Å². The van der Waals surface area contributed by atoms with Crippen molar-refractivity contribution in [2.45, 2.75) is 120 Å². The zero-order valence-corrected chi connectivity index (χ0v) is 26.5. The molecule has 0 aromatic carbocycles. The maximum absolute atomic E-state index is 14.6. The summed E-state index contributed by atoms with van der Waals surface area (Å²) < 4.78 is 35.0. The lowest BCUT2D eigenvalue weighted by Crippen LogP contribution is -2.70. The number of aliphatic hydroxyl groups is 4. The molecule has 46 heavy (non-hydrogen) atoms. The van der Waals surface area contributed by atoms with Crippen LogP contribution in [0.5, 0.6) is 0 Å². The Kier molecular flexibility index (Phi) is 7.32. The van der Waals surface area contributed by atoms with Crippen LogP contribution in [-0.4, -0.2) is 99.7 Å². The number of aliphatic hydroxyl groups excluding tert-OH is 3. The number of fused-ring (bicyclic) bond motifs is 8. The van der Waals surface area contributed by atoms with E-state index in [1.165, 1.54) is 32.4 Å². The van der Waals surface area contributed by atoms with E-state index in [1.54, 1.807) is 13.8 Å². The van der Waals surface area contributed by atoms with Gasteiger partial charge >= 0.3 is 11.6 Å². The van der Waals surface area contributed by atoms with Crippen LogP contribution < -0.4 is 5.63 Å². The monoisotopic (exact) mass is 646 g/mol. The fourth-order valence-corrected chi connectivity index (χ4v) is 10.2. The molecule has 0 radical (unpaired) electrons. The number of allylic oxidation sites excluding steroid dienone is 1. The van der Waals surface area contributed by atoms with E-state index >= 15 is 0 Å². The predicted octanol–water partition coefficient (Wildman–Crippen LogP) is 0.696. The Morgan fingerprint density at radius 1 is 1.07 bits per heavy atom. The number of hydrogen-bond acceptors (Lipinski definition) is 13. The first-order valence-electron chi connectivity index (χ1n) is 15.9. The number of methoxy groups -OCH3 is 1. The molecule has 4 N–H and O–H groups in total. The molecule has 0 spiro atoms. The SMILES string of the molecule is CO[C@]12O[C@@H]3C[C@@]4(C)C(=C[C@H]3O[C@H](O[C@@H](C)[C@H]1O)[C@@H]2O)CC[C@@H]1[C@@H]4[C@H](O)C(=O)[C@]2(C)[C@@H](c3ccc(=O)oc3)[C@@H](OC(C)=O)C[C@]12O. The van der Waals surface area contributed by atoms with E-state index in [1.807, 2.05) is 13.0 Å². The normalized spacial score (nSPS) is 51.1. The van der Waals surface area contributed by atoms with Crippen molar-refractivity contribution in [1.82, 2.24) is 0 Å². The predicted molar refractivity (Wildman–Crippen MR) is 155 cm³/mol. The smallest absolute Gasteiger partial charge is 0.335 e. The molecule has 1 aromatic heterocycles. The molecular weight excluding hydrogens is 604 g/mol. The van der Waals surface area contributed by atoms with E-state index in [2.05, 4.69) is 0 Å². The lowest BCUT2D eigenvalue weighted by molar-refractivity contribution is -0.388. The topological polar surface area (TPSA) is 191 Å². The third-order valence-corrected chi connectivity index (χ3v) is 12.3. The highest BCUT2D eigenvalue weighted by molar-refractivity contribution is 5.93. The Morgan fingerprint density at radius 2 is 1.80 bits per heavy atom. The van der Waals surface area contributed by atoms with Crippen LogP contribution >= 0.6 is 0 Å². The summed E-state index contributed by atoms with van der Waals surface area (Å²) in [6.45, 7) is 6.42. The molecule has 15 atom stereocenters. The number of ketones is 1. The maximum Gasteiger partial charge on any atom is 0.335 e. The van der Waals surface area contributed by atoms with E-state index in [-0.39, 0.29) is 12.8 Å². The van der Waals surface area contributed by atoms with Gasteiger partial charge in [-0.2, -0.15) is 0 Å². The summed E-state index contributed by atoms with van der Waals surface area (Å²) in [5.41, 5.74) is -3.46. The highest BCUT2D eigenvalue weighted by atomic mass is 16.8. The summed E-state index contributed by atoms with van der Waals surface area (Å²) in [5.74, 6) is -5.30. The average molecular weight is 647 g/mol. The Labute approximate surface area is 265 Å². The first-order chi connectivity index (χ1) is 21.6. The highest BCUT2D eigenvalue weighted by Gasteiger charge is 2.76. The van der Waals surface area contributed by atoms with E-state index in [9.17, 15) is 34.8 Å². The molecule has 0 unspecified atom stereocenters. The number of carbonyl (C=O) groups excluding carboxylic acids is 2. The van der Waals surface area contributed by atoms with Crippen molar-refractivity contribution in [3.63, 3.8) is 0 Å². The van der Waals surface area contributed by atoms with Crippen molar-refractivity contribution < 1.29 is 58.1 Å². The van der Waals surface area contributed by atoms with Gasteiger partial charge in [-0.3, -0.25) is 9.59 Å². The molecule has 0 amide bonds. The Bertz CT molecular complexity index is 1500. The van der Waals surface area contributed by atoms with E-state index in [4.69, 9.17) is 28.1 Å². The van der Waals surface area contributed by atoms with Crippen LogP contribution in [0, 0.1) is 22.7 Å². The van der Waals surface area contributed by atoms with Gasteiger partial charge in [0.15, 0.2) is 18.2 Å². The van der Waals surface area contributed by atoms with Gasteiger partial charge in [-0.1, -0.05) is 18.6 Å². The second-order valence-corrected chi connectivity index (χ2v) is 14.4. The van der Waals surface area contributed by atoms with Gasteiger partial charge in [0.25, 0.3) is 0 Å². The molecule has 2 saturated heterocycles. The first-order valence-corrected chi connectivity index (χ1v) is 15.9. The molecule has 2 aliphatic heterocycles. The van der Waals surface area contributed by atoms with Crippen molar-refractivity contribution in [1.29, 1.82) is 0 Å². The zero-order valence-electron chi connectivity index (χ0n) is 26.5. The molecule has 13 nitrogen and oxygen atoms in total. The van der Waals surface area contributed by atoms with E-state index in [0.29, 0.717) is 18.4 Å². The van der Waals surface area contributed by atoms with Crippen LogP contribution in [0.25, 0.3) is 0 Å². The fraction of sp³-hybridized carbons (Fsp3) is 0.727. The second kappa shape index (κ2) is 10.5. The van der Waals surface area contributed by atoms with Crippen molar-refractivity contribution in [2.75, 3.05) is 7.11 Å². The van der Waals surface area contributed by atoms with Gasteiger partial charge < -0.3 is 48.5 Å². The molecule has 1 aromatic rings. The van der Waals surface area contributed by atoms with Crippen molar-refractivity contribution >= 4 is 11.8 Å². The van der Waals surface area contributed by atoms with Gasteiger partial charge in [0.05, 0.1) is 29.5 Å². The minimum Gasteiger partial charge on any atom is -0.462 e. The minimum absolute atomic E-state index is 0.0601. The summed E-state index contributed by atoms with van der Waals surface area (Å²) >= 11 is 0. The number of Topliss-reactive ketones (excluding diaryl/α,β-unsaturated/α-hetero) is 1. The summed E-state index contributed by atoms with van der Waals surface area (Å²) in [5, 5.41) is 47.1. The zero-order chi connectivity index (χ0) is 33.1. The molecule has 13 heteroatoms. The number of ether oxygens (including phenoxy) is 5. The highest BCUT2D eigenvalue weighted by Crippen LogP contribution is 2.69. The van der Waals surface area contributed by atoms with Crippen LogP contribution in [0.3, 0.4) is 0 Å². The Hall–Kier alpha value is -2.49. The first kappa shape index (κ1) is 32.1. The summed E-state index contributed by atoms with van der Waals surface area (Å²) in [6.07, 6.45) is -4.43. The maximum atomic E-state index is 14.6. The third kappa shape index (κ3) is 4.06. The van der Waals surface area contributed by atoms with Crippen LogP contribution in [0.1, 0.15) is 64.9 Å². The third-order valence-electron chi connectivity index (χ3n) is 12.3. The van der Waals surface area contributed by atoms with Gasteiger partial charge in [-0.25, -0.2) is 4.79 Å². The van der Waals surface area contributed by atoms with Crippen molar-refractivity contribution in [2.24, 2.45) is 22.7 Å². The van der Waals surface area contributed by atoms with Gasteiger partial charge in [-0.05, 0) is 56.1 Å². The molecule has 6 aliphatic rings. The Morgan fingerprint density at radius 3 is 2.46 bits per heavy atom. The lowest BCUT2D eigenvalue weighted by Gasteiger charge is -2.62. The van der Waals surface area contributed by atoms with Crippen molar-refractivity contribution in [3.8, 4) is 0 Å². The molecule has 2 bridgehead atoms. The van der Waals surface area contributed by atoms with Gasteiger partial charge in [0.2, 0.25) is 5.79 Å². The number of carbonyl (C=O) groups is 2. The largest absolute Gasteiger partial charge is 0.462 e.